The van der Waals surface area contributed by atoms with Crippen LogP contribution in [0, 0.1) is 0 Å². The highest BCUT2D eigenvalue weighted by molar-refractivity contribution is 7.88. The van der Waals surface area contributed by atoms with Gasteiger partial charge in [-0.15, -0.1) is 12.4 Å². The molecule has 1 aliphatic heterocycles. The number of ether oxygens (including phenoxy) is 2. The highest BCUT2D eigenvalue weighted by atomic mass is 35.5. The van der Waals surface area contributed by atoms with Crippen LogP contribution in [0.4, 0.5) is 0 Å². The van der Waals surface area contributed by atoms with Crippen LogP contribution in [0.15, 0.2) is 54.6 Å². The number of halogens is 1. The molecule has 2 aromatic carbocycles. The van der Waals surface area contributed by atoms with Crippen LogP contribution >= 0.6 is 12.4 Å². The minimum Gasteiger partial charge on any atom is -0.371 e. The molecule has 1 heterocycles. The quantitative estimate of drug-likeness (QED) is 0.660. The first-order valence-corrected chi connectivity index (χ1v) is 11.3. The Kier molecular flexibility index (Phi) is 9.07. The normalized spacial score (nSPS) is 20.6. The molecule has 0 spiro atoms. The van der Waals surface area contributed by atoms with Crippen molar-refractivity contribution in [2.24, 2.45) is 0 Å². The Bertz CT molecular complexity index is 839. The predicted molar refractivity (Wildman–Crippen MR) is 117 cm³/mol. The van der Waals surface area contributed by atoms with E-state index in [9.17, 15) is 8.42 Å². The molecule has 6 nitrogen and oxygen atoms in total. The fourth-order valence-corrected chi connectivity index (χ4v) is 3.99. The molecule has 3 rings (SSSR count). The molecule has 1 aliphatic rings. The van der Waals surface area contributed by atoms with E-state index in [1.807, 2.05) is 49.4 Å². The Morgan fingerprint density at radius 1 is 1.03 bits per heavy atom. The van der Waals surface area contributed by atoms with Crippen LogP contribution in [0.3, 0.4) is 0 Å². The van der Waals surface area contributed by atoms with Crippen LogP contribution < -0.4 is 10.0 Å². The van der Waals surface area contributed by atoms with Crippen molar-refractivity contribution >= 4 is 22.4 Å². The molecule has 29 heavy (non-hydrogen) atoms. The van der Waals surface area contributed by atoms with Crippen molar-refractivity contribution in [2.75, 3.05) is 26.0 Å². The fraction of sp³-hybridized carbons (Fsp3) is 0.429. The van der Waals surface area contributed by atoms with Crippen molar-refractivity contribution in [2.45, 2.75) is 31.7 Å². The van der Waals surface area contributed by atoms with Gasteiger partial charge in [0.2, 0.25) is 10.0 Å². The molecule has 0 amide bonds. The minimum absolute atomic E-state index is 0. The summed E-state index contributed by atoms with van der Waals surface area (Å²) >= 11 is 0. The minimum atomic E-state index is -3.22. The highest BCUT2D eigenvalue weighted by Gasteiger charge is 2.23. The van der Waals surface area contributed by atoms with Gasteiger partial charge in [0.15, 0.2) is 0 Å². The molecule has 2 aromatic rings. The van der Waals surface area contributed by atoms with Crippen molar-refractivity contribution in [1.82, 2.24) is 10.0 Å². The Labute approximate surface area is 179 Å². The Balaban J connectivity index is 0.00000300. The Morgan fingerprint density at radius 3 is 2.31 bits per heavy atom. The highest BCUT2D eigenvalue weighted by Crippen LogP contribution is 2.22. The molecule has 0 aliphatic carbocycles. The second-order valence-corrected chi connectivity index (χ2v) is 8.95. The maximum atomic E-state index is 11.3. The van der Waals surface area contributed by atoms with Gasteiger partial charge in [0.1, 0.15) is 6.10 Å². The van der Waals surface area contributed by atoms with Crippen LogP contribution in [0.1, 0.15) is 35.8 Å². The van der Waals surface area contributed by atoms with Crippen LogP contribution in [-0.2, 0) is 26.0 Å². The number of rotatable bonds is 8. The van der Waals surface area contributed by atoms with E-state index in [0.29, 0.717) is 13.2 Å². The lowest BCUT2D eigenvalue weighted by Crippen LogP contribution is -2.38. The smallest absolute Gasteiger partial charge is 0.209 e. The van der Waals surface area contributed by atoms with Crippen molar-refractivity contribution in [1.29, 1.82) is 0 Å². The zero-order valence-electron chi connectivity index (χ0n) is 16.7. The van der Waals surface area contributed by atoms with Gasteiger partial charge in [-0.05, 0) is 23.6 Å². The first-order valence-electron chi connectivity index (χ1n) is 9.46. The van der Waals surface area contributed by atoms with Gasteiger partial charge >= 0.3 is 0 Å². The SMILES string of the molecule is C[C@@H](NS(C)(=O)=O)c1ccc(CNC[C@H]2CO[C@H](c3ccccc3)CO2)cc1.Cl. The summed E-state index contributed by atoms with van der Waals surface area (Å²) in [5.41, 5.74) is 3.22. The van der Waals surface area contributed by atoms with Crippen LogP contribution in [0.5, 0.6) is 0 Å². The molecule has 3 atom stereocenters. The topological polar surface area (TPSA) is 76.7 Å². The van der Waals surface area contributed by atoms with E-state index >= 15 is 0 Å². The summed E-state index contributed by atoms with van der Waals surface area (Å²) in [6.45, 7) is 4.40. The van der Waals surface area contributed by atoms with Gasteiger partial charge in [0, 0.05) is 19.1 Å². The van der Waals surface area contributed by atoms with Crippen LogP contribution in [0.2, 0.25) is 0 Å². The van der Waals surface area contributed by atoms with Crippen LogP contribution in [-0.4, -0.2) is 40.5 Å². The van der Waals surface area contributed by atoms with Gasteiger partial charge in [-0.1, -0.05) is 54.6 Å². The molecular formula is C21H29ClN2O4S. The largest absolute Gasteiger partial charge is 0.371 e. The number of sulfonamides is 1. The van der Waals surface area contributed by atoms with Gasteiger partial charge in [0.25, 0.3) is 0 Å². The lowest BCUT2D eigenvalue weighted by molar-refractivity contribution is -0.133. The van der Waals surface area contributed by atoms with E-state index in [-0.39, 0.29) is 30.7 Å². The molecule has 0 saturated carbocycles. The maximum Gasteiger partial charge on any atom is 0.209 e. The van der Waals surface area contributed by atoms with Crippen molar-refractivity contribution in [3.8, 4) is 0 Å². The Morgan fingerprint density at radius 2 is 1.72 bits per heavy atom. The van der Waals surface area contributed by atoms with E-state index < -0.39 is 10.0 Å². The summed E-state index contributed by atoms with van der Waals surface area (Å²) in [5.74, 6) is 0. The van der Waals surface area contributed by atoms with Gasteiger partial charge in [-0.3, -0.25) is 0 Å². The lowest BCUT2D eigenvalue weighted by Gasteiger charge is -2.30. The van der Waals surface area contributed by atoms with E-state index in [1.165, 1.54) is 6.26 Å². The average Bonchev–Trinajstić information content (AvgIpc) is 2.68. The second kappa shape index (κ2) is 11.1. The van der Waals surface area contributed by atoms with Crippen molar-refractivity contribution in [3.63, 3.8) is 0 Å². The lowest BCUT2D eigenvalue weighted by atomic mass is 10.1. The molecule has 1 saturated heterocycles. The summed E-state index contributed by atoms with van der Waals surface area (Å²) < 4.78 is 37.1. The summed E-state index contributed by atoms with van der Waals surface area (Å²) in [6.07, 6.45) is 1.21. The molecule has 2 N–H and O–H groups in total. The summed E-state index contributed by atoms with van der Waals surface area (Å²) in [4.78, 5) is 0. The monoisotopic (exact) mass is 440 g/mol. The standard InChI is InChI=1S/C21H28N2O4S.ClH/c1-16(23-28(2,24)25)18-10-8-17(9-11-18)12-22-13-20-14-27-21(15-26-20)19-6-4-3-5-7-19;/h3-11,16,20-23H,12-15H2,1-2H3;1H/t16-,20+,21+;/m1./s1. The van der Waals surface area contributed by atoms with E-state index in [4.69, 9.17) is 9.47 Å². The average molecular weight is 441 g/mol. The summed E-state index contributed by atoms with van der Waals surface area (Å²) in [7, 11) is -3.22. The fourth-order valence-electron chi connectivity index (χ4n) is 3.21. The van der Waals surface area contributed by atoms with Gasteiger partial charge in [0.05, 0.1) is 25.6 Å². The molecule has 0 unspecified atom stereocenters. The molecule has 0 bridgehead atoms. The molecule has 0 aromatic heterocycles. The molecular weight excluding hydrogens is 412 g/mol. The third-order valence-corrected chi connectivity index (χ3v) is 5.49. The second-order valence-electron chi connectivity index (χ2n) is 7.17. The number of nitrogens with one attached hydrogen (secondary N) is 2. The van der Waals surface area contributed by atoms with Crippen LogP contribution in [0.25, 0.3) is 0 Å². The molecule has 8 heteroatoms. The number of benzene rings is 2. The predicted octanol–water partition coefficient (Wildman–Crippen LogP) is 2.96. The van der Waals surface area contributed by atoms with Crippen molar-refractivity contribution < 1.29 is 17.9 Å². The first kappa shape index (κ1) is 23.8. The van der Waals surface area contributed by atoms with Crippen molar-refractivity contribution in [3.05, 3.63) is 71.3 Å². The van der Waals surface area contributed by atoms with E-state index in [2.05, 4.69) is 22.2 Å². The molecule has 1 fully saturated rings. The van der Waals surface area contributed by atoms with Gasteiger partial charge in [-0.2, -0.15) is 0 Å². The maximum absolute atomic E-state index is 11.3. The summed E-state index contributed by atoms with van der Waals surface area (Å²) in [6, 6.07) is 17.8. The van der Waals surface area contributed by atoms with E-state index in [0.717, 1.165) is 29.8 Å². The third-order valence-electron chi connectivity index (χ3n) is 4.71. The van der Waals surface area contributed by atoms with Gasteiger partial charge < -0.3 is 14.8 Å². The Hall–Kier alpha value is -1.48. The van der Waals surface area contributed by atoms with E-state index in [1.54, 1.807) is 0 Å². The first-order chi connectivity index (χ1) is 13.4. The number of hydrogen-bond donors (Lipinski definition) is 2. The zero-order chi connectivity index (χ0) is 20.0. The summed E-state index contributed by atoms with van der Waals surface area (Å²) in [5, 5.41) is 3.40. The third kappa shape index (κ3) is 7.70. The number of hydrogen-bond acceptors (Lipinski definition) is 5. The molecule has 0 radical (unpaired) electrons. The van der Waals surface area contributed by atoms with Gasteiger partial charge in [-0.25, -0.2) is 13.1 Å². The molecule has 160 valence electrons. The zero-order valence-corrected chi connectivity index (χ0v) is 18.3.